The number of non-ortho nitro benzene ring substituents is 1. The fraction of sp³-hybridized carbons (Fsp3) is 0.273. The van der Waals surface area contributed by atoms with E-state index >= 15 is 0 Å². The van der Waals surface area contributed by atoms with Gasteiger partial charge in [-0.1, -0.05) is 12.1 Å². The molecule has 0 saturated carbocycles. The normalized spacial score (nSPS) is 18.6. The number of nitrogens with one attached hydrogen (secondary N) is 1. The molecule has 9 nitrogen and oxygen atoms in total. The summed E-state index contributed by atoms with van der Waals surface area (Å²) in [5.41, 5.74) is 3.81. The van der Waals surface area contributed by atoms with Gasteiger partial charge in [0.25, 0.3) is 11.6 Å². The van der Waals surface area contributed by atoms with Crippen LogP contribution in [0, 0.1) is 10.1 Å². The predicted molar refractivity (Wildman–Crippen MR) is 115 cm³/mol. The second-order valence-electron chi connectivity index (χ2n) is 7.61. The highest BCUT2D eigenvalue weighted by Gasteiger charge is 2.36. The van der Waals surface area contributed by atoms with Gasteiger partial charge in [0.1, 0.15) is 0 Å². The number of rotatable bonds is 3. The summed E-state index contributed by atoms with van der Waals surface area (Å²) in [5, 5.41) is 14.4. The van der Waals surface area contributed by atoms with Crippen LogP contribution in [0.4, 0.5) is 11.6 Å². The van der Waals surface area contributed by atoms with Crippen molar-refractivity contribution in [1.82, 2.24) is 14.5 Å². The third-order valence-corrected chi connectivity index (χ3v) is 5.78. The van der Waals surface area contributed by atoms with E-state index in [-0.39, 0.29) is 11.6 Å². The number of hydrogen-bond donors (Lipinski definition) is 1. The van der Waals surface area contributed by atoms with E-state index in [2.05, 4.69) is 5.32 Å². The molecule has 3 aromatic rings. The molecule has 0 bridgehead atoms. The van der Waals surface area contributed by atoms with Gasteiger partial charge in [0.2, 0.25) is 5.95 Å². The van der Waals surface area contributed by atoms with Crippen molar-refractivity contribution in [3.63, 3.8) is 0 Å². The van der Waals surface area contributed by atoms with Crippen LogP contribution in [-0.2, 0) is 9.53 Å². The van der Waals surface area contributed by atoms with Crippen molar-refractivity contribution >= 4 is 28.6 Å². The number of carbonyl (C=O) groups excluding carboxylic acids is 1. The molecule has 0 spiro atoms. The van der Waals surface area contributed by atoms with Crippen LogP contribution < -0.4 is 5.32 Å². The number of carbonyl (C=O) groups is 1. The topological polar surface area (TPSA) is 103 Å². The molecule has 0 unspecified atom stereocenters. The molecule has 1 saturated heterocycles. The Balaban J connectivity index is 1.68. The van der Waals surface area contributed by atoms with E-state index in [1.54, 1.807) is 17.0 Å². The zero-order valence-corrected chi connectivity index (χ0v) is 16.9. The summed E-state index contributed by atoms with van der Waals surface area (Å²) in [6.07, 6.45) is 0. The Bertz CT molecular complexity index is 1210. The maximum Gasteiger partial charge on any atom is 0.269 e. The Kier molecular flexibility index (Phi) is 4.67. The Morgan fingerprint density at radius 3 is 2.58 bits per heavy atom. The molecule has 3 heterocycles. The summed E-state index contributed by atoms with van der Waals surface area (Å²) < 4.78 is 7.41. The first-order valence-electron chi connectivity index (χ1n) is 10.1. The number of ether oxygens (including phenoxy) is 1. The van der Waals surface area contributed by atoms with Gasteiger partial charge in [-0.25, -0.2) is 4.98 Å². The lowest BCUT2D eigenvalue weighted by atomic mass is 9.93. The summed E-state index contributed by atoms with van der Waals surface area (Å²) in [6, 6.07) is 13.7. The van der Waals surface area contributed by atoms with Crippen molar-refractivity contribution in [1.29, 1.82) is 0 Å². The Hall–Kier alpha value is -3.72. The highest BCUT2D eigenvalue weighted by molar-refractivity contribution is 5.98. The van der Waals surface area contributed by atoms with Gasteiger partial charge in [0.05, 0.1) is 40.8 Å². The highest BCUT2D eigenvalue weighted by Crippen LogP contribution is 2.40. The van der Waals surface area contributed by atoms with Gasteiger partial charge in [-0.15, -0.1) is 0 Å². The molecule has 1 amide bonds. The van der Waals surface area contributed by atoms with E-state index in [0.29, 0.717) is 37.8 Å². The van der Waals surface area contributed by atoms with Gasteiger partial charge in [0.15, 0.2) is 0 Å². The zero-order valence-electron chi connectivity index (χ0n) is 16.9. The van der Waals surface area contributed by atoms with Crippen molar-refractivity contribution in [3.05, 3.63) is 75.5 Å². The monoisotopic (exact) mass is 419 g/mol. The predicted octanol–water partition coefficient (Wildman–Crippen LogP) is 3.09. The third-order valence-electron chi connectivity index (χ3n) is 5.78. The Morgan fingerprint density at radius 1 is 1.16 bits per heavy atom. The summed E-state index contributed by atoms with van der Waals surface area (Å²) in [5.74, 6) is 0.570. The molecule has 9 heteroatoms. The van der Waals surface area contributed by atoms with Gasteiger partial charge in [-0.05, 0) is 36.8 Å². The van der Waals surface area contributed by atoms with Crippen molar-refractivity contribution in [2.24, 2.45) is 0 Å². The molecule has 2 aromatic carbocycles. The minimum absolute atomic E-state index is 0.00940. The minimum atomic E-state index is -0.459. The highest BCUT2D eigenvalue weighted by atomic mass is 16.6. The van der Waals surface area contributed by atoms with Crippen LogP contribution in [0.15, 0.2) is 59.8 Å². The van der Waals surface area contributed by atoms with Crippen LogP contribution in [0.5, 0.6) is 0 Å². The summed E-state index contributed by atoms with van der Waals surface area (Å²) in [4.78, 5) is 30.8. The lowest BCUT2D eigenvalue weighted by molar-refractivity contribution is -0.384. The average Bonchev–Trinajstić information content (AvgIpc) is 3.16. The number of amides is 1. The molecule has 1 aromatic heterocycles. The van der Waals surface area contributed by atoms with Crippen LogP contribution >= 0.6 is 0 Å². The molecule has 1 fully saturated rings. The fourth-order valence-corrected chi connectivity index (χ4v) is 4.27. The average molecular weight is 419 g/mol. The van der Waals surface area contributed by atoms with Crippen LogP contribution in [0.25, 0.3) is 11.0 Å². The van der Waals surface area contributed by atoms with Crippen LogP contribution in [0.1, 0.15) is 18.5 Å². The molecule has 158 valence electrons. The number of nitro benzene ring substituents is 1. The first kappa shape index (κ1) is 19.3. The number of benzene rings is 2. The second kappa shape index (κ2) is 7.51. The van der Waals surface area contributed by atoms with Crippen LogP contribution in [0.2, 0.25) is 0 Å². The van der Waals surface area contributed by atoms with E-state index in [0.717, 1.165) is 22.3 Å². The van der Waals surface area contributed by atoms with E-state index in [1.165, 1.54) is 12.1 Å². The van der Waals surface area contributed by atoms with Gasteiger partial charge in [0, 0.05) is 30.9 Å². The summed E-state index contributed by atoms with van der Waals surface area (Å²) >= 11 is 0. The molecule has 1 atom stereocenters. The molecular weight excluding hydrogens is 398 g/mol. The van der Waals surface area contributed by atoms with Crippen molar-refractivity contribution in [2.75, 3.05) is 31.6 Å². The van der Waals surface area contributed by atoms with Gasteiger partial charge < -0.3 is 15.0 Å². The number of hydrogen-bond acceptors (Lipinski definition) is 6. The lowest BCUT2D eigenvalue weighted by Crippen LogP contribution is -2.44. The number of anilines is 1. The van der Waals surface area contributed by atoms with Crippen LogP contribution in [-0.4, -0.2) is 51.6 Å². The van der Waals surface area contributed by atoms with Crippen molar-refractivity contribution in [3.8, 4) is 0 Å². The first-order chi connectivity index (χ1) is 15.0. The molecule has 0 aliphatic carbocycles. The lowest BCUT2D eigenvalue weighted by Gasteiger charge is -2.35. The minimum Gasteiger partial charge on any atom is -0.378 e. The number of morpholine rings is 1. The number of aromatic nitrogens is 2. The molecule has 31 heavy (non-hydrogen) atoms. The van der Waals surface area contributed by atoms with E-state index in [4.69, 9.17) is 9.72 Å². The number of imidazole rings is 1. The standard InChI is InChI=1S/C22H21N5O4/c1-14-19(21(28)25-10-12-31-13-11-25)20(15-6-8-16(9-7-15)27(29)30)26-18-5-3-2-4-17(18)24-22(26)23-14/h2-9,20H,10-13H2,1H3,(H,23,24)/t20-/m0/s1. The second-order valence-corrected chi connectivity index (χ2v) is 7.61. The maximum absolute atomic E-state index is 13.6. The van der Waals surface area contributed by atoms with Gasteiger partial charge in [-0.2, -0.15) is 0 Å². The maximum atomic E-state index is 13.6. The number of allylic oxidation sites excluding steroid dienone is 1. The molecular formula is C22H21N5O4. The smallest absolute Gasteiger partial charge is 0.269 e. The molecule has 2 aliphatic rings. The van der Waals surface area contributed by atoms with E-state index in [1.807, 2.05) is 35.8 Å². The SMILES string of the molecule is CC1=C(C(=O)N2CCOCC2)[C@H](c2ccc([N+](=O)[O-])cc2)n2c(nc3ccccc32)N1. The van der Waals surface area contributed by atoms with Crippen molar-refractivity contribution < 1.29 is 14.5 Å². The number of fused-ring (bicyclic) bond motifs is 3. The molecule has 1 N–H and O–H groups in total. The van der Waals surface area contributed by atoms with Crippen molar-refractivity contribution in [2.45, 2.75) is 13.0 Å². The molecule has 5 rings (SSSR count). The van der Waals surface area contributed by atoms with Crippen LogP contribution in [0.3, 0.4) is 0 Å². The van der Waals surface area contributed by atoms with E-state index in [9.17, 15) is 14.9 Å². The number of nitrogens with zero attached hydrogens (tertiary/aromatic N) is 4. The van der Waals surface area contributed by atoms with Gasteiger partial charge in [-0.3, -0.25) is 19.5 Å². The molecule has 0 radical (unpaired) electrons. The number of nitro groups is 1. The molecule has 2 aliphatic heterocycles. The summed E-state index contributed by atoms with van der Waals surface area (Å²) in [7, 11) is 0. The third kappa shape index (κ3) is 3.23. The zero-order chi connectivity index (χ0) is 21.5. The summed E-state index contributed by atoms with van der Waals surface area (Å²) in [6.45, 7) is 3.94. The Morgan fingerprint density at radius 2 is 1.87 bits per heavy atom. The quantitative estimate of drug-likeness (QED) is 0.517. The van der Waals surface area contributed by atoms with Gasteiger partial charge >= 0.3 is 0 Å². The van der Waals surface area contributed by atoms with E-state index < -0.39 is 11.0 Å². The fourth-order valence-electron chi connectivity index (χ4n) is 4.27. The Labute approximate surface area is 178 Å². The largest absolute Gasteiger partial charge is 0.378 e. The first-order valence-corrected chi connectivity index (χ1v) is 10.1. The number of para-hydroxylation sites is 2.